The first-order valence-corrected chi connectivity index (χ1v) is 9.21. The van der Waals surface area contributed by atoms with Crippen molar-refractivity contribution in [1.82, 2.24) is 5.32 Å². The number of urea groups is 1. The van der Waals surface area contributed by atoms with Gasteiger partial charge in [-0.2, -0.15) is 0 Å². The Morgan fingerprint density at radius 3 is 2.38 bits per heavy atom. The van der Waals surface area contributed by atoms with Crippen LogP contribution in [0.4, 0.5) is 20.6 Å². The van der Waals surface area contributed by atoms with Gasteiger partial charge >= 0.3 is 6.03 Å². The maximum absolute atomic E-state index is 14.4. The largest absolute Gasteiger partial charge is 0.369 e. The summed E-state index contributed by atoms with van der Waals surface area (Å²) in [7, 11) is 0. The fraction of sp³-hybridized carbons (Fsp3) is 0.381. The molecule has 0 aliphatic carbocycles. The van der Waals surface area contributed by atoms with Crippen LogP contribution in [0.25, 0.3) is 0 Å². The van der Waals surface area contributed by atoms with E-state index in [4.69, 9.17) is 0 Å². The molecule has 0 spiro atoms. The number of carbonyl (C=O) groups excluding carboxylic acids is 1. The molecule has 4 nitrogen and oxygen atoms in total. The first-order chi connectivity index (χ1) is 12.5. The molecule has 0 aromatic heterocycles. The number of nitrogens with one attached hydrogen (secondary N) is 2. The fourth-order valence-electron chi connectivity index (χ4n) is 3.40. The van der Waals surface area contributed by atoms with Gasteiger partial charge in [-0.05, 0) is 42.5 Å². The summed E-state index contributed by atoms with van der Waals surface area (Å²) in [5, 5.41) is 5.73. The average Bonchev–Trinajstić information content (AvgIpc) is 3.14. The number of hydrogen-bond acceptors (Lipinski definition) is 2. The van der Waals surface area contributed by atoms with Gasteiger partial charge in [0.25, 0.3) is 0 Å². The van der Waals surface area contributed by atoms with Gasteiger partial charge in [-0.1, -0.05) is 44.2 Å². The van der Waals surface area contributed by atoms with Crippen molar-refractivity contribution in [3.05, 3.63) is 59.9 Å². The Morgan fingerprint density at radius 1 is 1.08 bits per heavy atom. The third kappa shape index (κ3) is 4.34. The zero-order chi connectivity index (χ0) is 18.5. The second-order valence-corrected chi connectivity index (χ2v) is 7.09. The van der Waals surface area contributed by atoms with Gasteiger partial charge in [0.1, 0.15) is 5.82 Å². The maximum Gasteiger partial charge on any atom is 0.319 e. The monoisotopic (exact) mass is 355 g/mol. The molecule has 26 heavy (non-hydrogen) atoms. The van der Waals surface area contributed by atoms with E-state index in [-0.39, 0.29) is 23.8 Å². The number of rotatable bonds is 5. The predicted molar refractivity (Wildman–Crippen MR) is 104 cm³/mol. The Labute approximate surface area is 154 Å². The normalized spacial score (nSPS) is 15.2. The highest BCUT2D eigenvalue weighted by Crippen LogP contribution is 2.26. The highest BCUT2D eigenvalue weighted by Gasteiger charge is 2.19. The molecule has 1 aliphatic heterocycles. The lowest BCUT2D eigenvalue weighted by molar-refractivity contribution is 0.244. The number of hydrogen-bond donors (Lipinski definition) is 2. The smallest absolute Gasteiger partial charge is 0.319 e. The number of halogens is 1. The van der Waals surface area contributed by atoms with E-state index >= 15 is 0 Å². The first kappa shape index (κ1) is 18.2. The zero-order valence-electron chi connectivity index (χ0n) is 15.3. The lowest BCUT2D eigenvalue weighted by Gasteiger charge is -2.23. The number of amides is 2. The van der Waals surface area contributed by atoms with Gasteiger partial charge < -0.3 is 15.5 Å². The summed E-state index contributed by atoms with van der Waals surface area (Å²) in [4.78, 5) is 14.4. The average molecular weight is 355 g/mol. The van der Waals surface area contributed by atoms with Gasteiger partial charge in [0, 0.05) is 18.8 Å². The minimum atomic E-state index is -0.333. The molecule has 0 saturated carbocycles. The first-order valence-electron chi connectivity index (χ1n) is 9.21. The van der Waals surface area contributed by atoms with E-state index in [1.807, 2.05) is 35.2 Å². The van der Waals surface area contributed by atoms with E-state index in [0.717, 1.165) is 31.5 Å². The number of anilines is 2. The van der Waals surface area contributed by atoms with Crippen molar-refractivity contribution in [2.24, 2.45) is 5.92 Å². The van der Waals surface area contributed by atoms with Crippen molar-refractivity contribution < 1.29 is 9.18 Å². The van der Waals surface area contributed by atoms with Crippen LogP contribution in [0.2, 0.25) is 0 Å². The molecule has 5 heteroatoms. The highest BCUT2D eigenvalue weighted by atomic mass is 19.1. The van der Waals surface area contributed by atoms with Crippen molar-refractivity contribution in [2.75, 3.05) is 23.3 Å². The summed E-state index contributed by atoms with van der Waals surface area (Å²) in [6.45, 7) is 5.89. The number of nitrogens with zero attached hydrogens (tertiary/aromatic N) is 1. The van der Waals surface area contributed by atoms with Crippen LogP contribution < -0.4 is 15.5 Å². The second-order valence-electron chi connectivity index (χ2n) is 7.09. The molecule has 1 unspecified atom stereocenters. The van der Waals surface area contributed by atoms with Gasteiger partial charge in [0.2, 0.25) is 0 Å². The SMILES string of the molecule is CC(C)C(NC(=O)Nc1ccc(N2CCCC2)c(F)c1)c1ccccc1. The van der Waals surface area contributed by atoms with Crippen LogP contribution in [0.5, 0.6) is 0 Å². The molecule has 1 saturated heterocycles. The Hall–Kier alpha value is -2.56. The Morgan fingerprint density at radius 2 is 1.77 bits per heavy atom. The third-order valence-electron chi connectivity index (χ3n) is 4.76. The molecule has 3 rings (SSSR count). The van der Waals surface area contributed by atoms with Gasteiger partial charge in [-0.15, -0.1) is 0 Å². The molecule has 0 radical (unpaired) electrons. The van der Waals surface area contributed by atoms with Crippen LogP contribution in [0.15, 0.2) is 48.5 Å². The lowest BCUT2D eigenvalue weighted by Crippen LogP contribution is -2.35. The van der Waals surface area contributed by atoms with Gasteiger partial charge in [0.15, 0.2) is 0 Å². The molecule has 1 heterocycles. The minimum Gasteiger partial charge on any atom is -0.369 e. The summed E-state index contributed by atoms with van der Waals surface area (Å²) < 4.78 is 14.4. The third-order valence-corrected chi connectivity index (χ3v) is 4.76. The fourth-order valence-corrected chi connectivity index (χ4v) is 3.40. The molecule has 2 N–H and O–H groups in total. The van der Waals surface area contributed by atoms with Gasteiger partial charge in [0.05, 0.1) is 11.7 Å². The molecular formula is C21H26FN3O. The van der Waals surface area contributed by atoms with Crippen LogP contribution in [0.1, 0.15) is 38.3 Å². The number of benzene rings is 2. The summed E-state index contributed by atoms with van der Waals surface area (Å²) in [6, 6.07) is 14.3. The van der Waals surface area contributed by atoms with Crippen LogP contribution in [-0.4, -0.2) is 19.1 Å². The molecule has 1 atom stereocenters. The molecule has 1 aliphatic rings. The van der Waals surface area contributed by atoms with Crippen LogP contribution in [0, 0.1) is 11.7 Å². The topological polar surface area (TPSA) is 44.4 Å². The van der Waals surface area contributed by atoms with E-state index in [9.17, 15) is 9.18 Å². The Kier molecular flexibility index (Phi) is 5.76. The molecule has 2 aromatic carbocycles. The lowest BCUT2D eigenvalue weighted by atomic mass is 9.96. The van der Waals surface area contributed by atoms with Crippen LogP contribution >= 0.6 is 0 Å². The van der Waals surface area contributed by atoms with Crippen molar-refractivity contribution in [3.63, 3.8) is 0 Å². The summed E-state index contributed by atoms with van der Waals surface area (Å²) >= 11 is 0. The van der Waals surface area contributed by atoms with E-state index in [2.05, 4.69) is 24.5 Å². The van der Waals surface area contributed by atoms with Gasteiger partial charge in [-0.3, -0.25) is 0 Å². The van der Waals surface area contributed by atoms with Crippen molar-refractivity contribution in [3.8, 4) is 0 Å². The predicted octanol–water partition coefficient (Wildman–Crippen LogP) is 4.94. The van der Waals surface area contributed by atoms with Crippen molar-refractivity contribution in [1.29, 1.82) is 0 Å². The van der Waals surface area contributed by atoms with Crippen molar-refractivity contribution >= 4 is 17.4 Å². The van der Waals surface area contributed by atoms with E-state index in [1.54, 1.807) is 12.1 Å². The molecule has 1 fully saturated rings. The summed E-state index contributed by atoms with van der Waals surface area (Å²) in [5.41, 5.74) is 2.12. The molecular weight excluding hydrogens is 329 g/mol. The molecule has 2 amide bonds. The zero-order valence-corrected chi connectivity index (χ0v) is 15.3. The van der Waals surface area contributed by atoms with Gasteiger partial charge in [-0.25, -0.2) is 9.18 Å². The van der Waals surface area contributed by atoms with Crippen LogP contribution in [0.3, 0.4) is 0 Å². The van der Waals surface area contributed by atoms with E-state index in [1.165, 1.54) is 6.07 Å². The van der Waals surface area contributed by atoms with Crippen LogP contribution in [-0.2, 0) is 0 Å². The summed E-state index contributed by atoms with van der Waals surface area (Å²) in [5.74, 6) is -0.0643. The number of carbonyl (C=O) groups is 1. The quantitative estimate of drug-likeness (QED) is 0.797. The second kappa shape index (κ2) is 8.21. The Balaban J connectivity index is 1.66. The standard InChI is InChI=1S/C21H26FN3O/c1-15(2)20(16-8-4-3-5-9-16)24-21(26)23-17-10-11-19(18(22)14-17)25-12-6-7-13-25/h3-5,8-11,14-15,20H,6-7,12-13H2,1-2H3,(H2,23,24,26). The highest BCUT2D eigenvalue weighted by molar-refractivity contribution is 5.89. The molecule has 2 aromatic rings. The summed E-state index contributed by atoms with van der Waals surface area (Å²) in [6.07, 6.45) is 2.19. The van der Waals surface area contributed by atoms with Crippen molar-refractivity contribution in [2.45, 2.75) is 32.7 Å². The molecule has 0 bridgehead atoms. The van der Waals surface area contributed by atoms with E-state index < -0.39 is 0 Å². The maximum atomic E-state index is 14.4. The minimum absolute atomic E-state index is 0.107. The Bertz CT molecular complexity index is 742. The molecule has 138 valence electrons. The van der Waals surface area contributed by atoms with E-state index in [0.29, 0.717) is 11.4 Å².